The van der Waals surface area contributed by atoms with Gasteiger partial charge >= 0.3 is 0 Å². The molecule has 140 valence electrons. The van der Waals surface area contributed by atoms with E-state index in [1.807, 2.05) is 0 Å². The van der Waals surface area contributed by atoms with E-state index in [1.54, 1.807) is 36.5 Å². The van der Waals surface area contributed by atoms with Crippen LogP contribution in [-0.4, -0.2) is 47.3 Å². The van der Waals surface area contributed by atoms with Crippen LogP contribution in [0.4, 0.5) is 0 Å². The Hall–Kier alpha value is -2.73. The molecule has 1 aromatic carbocycles. The zero-order valence-electron chi connectivity index (χ0n) is 15.4. The van der Waals surface area contributed by atoms with Crippen LogP contribution in [0.1, 0.15) is 40.5 Å². The van der Waals surface area contributed by atoms with E-state index in [4.69, 9.17) is 4.74 Å². The molecule has 5 rings (SSSR count). The highest BCUT2D eigenvalue weighted by Gasteiger charge is 2.34. The Morgan fingerprint density at radius 1 is 1.07 bits per heavy atom. The highest BCUT2D eigenvalue weighted by Crippen LogP contribution is 2.28. The maximum atomic E-state index is 12.6. The summed E-state index contributed by atoms with van der Waals surface area (Å²) >= 11 is 0. The SMILES string of the molecule is CC(=O)c1cncc(Oc2ccc(C(=O)N[C@H]3CN4CCC3CC4)cc2)c1. The van der Waals surface area contributed by atoms with E-state index < -0.39 is 0 Å². The molecule has 1 N–H and O–H groups in total. The van der Waals surface area contributed by atoms with E-state index in [0.29, 0.717) is 28.5 Å². The van der Waals surface area contributed by atoms with Gasteiger partial charge in [-0.3, -0.25) is 14.6 Å². The Bertz CT molecular complexity index is 842. The molecule has 0 aliphatic carbocycles. The average molecular weight is 365 g/mol. The summed E-state index contributed by atoms with van der Waals surface area (Å²) in [5, 5.41) is 3.19. The maximum Gasteiger partial charge on any atom is 0.251 e. The molecule has 2 bridgehead atoms. The van der Waals surface area contributed by atoms with E-state index in [-0.39, 0.29) is 17.7 Å². The predicted molar refractivity (Wildman–Crippen MR) is 101 cm³/mol. The number of nitrogens with zero attached hydrogens (tertiary/aromatic N) is 2. The van der Waals surface area contributed by atoms with Crippen molar-refractivity contribution >= 4 is 11.7 Å². The van der Waals surface area contributed by atoms with Crippen LogP contribution in [-0.2, 0) is 0 Å². The summed E-state index contributed by atoms with van der Waals surface area (Å²) < 4.78 is 5.74. The van der Waals surface area contributed by atoms with E-state index in [2.05, 4.69) is 15.2 Å². The van der Waals surface area contributed by atoms with Crippen LogP contribution in [0, 0.1) is 5.92 Å². The fourth-order valence-corrected chi connectivity index (χ4v) is 3.86. The first-order chi connectivity index (χ1) is 13.1. The lowest BCUT2D eigenvalue weighted by Gasteiger charge is -2.44. The van der Waals surface area contributed by atoms with E-state index in [1.165, 1.54) is 26.0 Å². The fourth-order valence-electron chi connectivity index (χ4n) is 3.86. The summed E-state index contributed by atoms with van der Waals surface area (Å²) in [4.78, 5) is 30.4. The number of Topliss-reactive ketones (excluding diaryl/α,β-unsaturated/α-hetero) is 1. The number of amides is 1. The minimum absolute atomic E-state index is 0.0412. The van der Waals surface area contributed by atoms with Crippen LogP contribution in [0.3, 0.4) is 0 Å². The third-order valence-electron chi connectivity index (χ3n) is 5.44. The molecule has 27 heavy (non-hydrogen) atoms. The third kappa shape index (κ3) is 4.01. The van der Waals surface area contributed by atoms with Crippen molar-refractivity contribution in [2.75, 3.05) is 19.6 Å². The fraction of sp³-hybridized carbons (Fsp3) is 0.381. The van der Waals surface area contributed by atoms with Gasteiger partial charge < -0.3 is 15.0 Å². The van der Waals surface area contributed by atoms with Gasteiger partial charge in [-0.2, -0.15) is 0 Å². The molecule has 1 atom stereocenters. The number of fused-ring (bicyclic) bond motifs is 3. The number of nitrogens with one attached hydrogen (secondary N) is 1. The third-order valence-corrected chi connectivity index (χ3v) is 5.44. The number of piperidine rings is 3. The molecule has 3 saturated heterocycles. The number of carbonyl (C=O) groups excluding carboxylic acids is 2. The summed E-state index contributed by atoms with van der Waals surface area (Å²) in [5.74, 6) is 1.58. The number of carbonyl (C=O) groups is 2. The topological polar surface area (TPSA) is 71.5 Å². The first-order valence-electron chi connectivity index (χ1n) is 9.35. The molecule has 0 saturated carbocycles. The molecule has 0 spiro atoms. The van der Waals surface area contributed by atoms with Gasteiger partial charge in [0.25, 0.3) is 5.91 Å². The molecule has 1 amide bonds. The highest BCUT2D eigenvalue weighted by molar-refractivity contribution is 5.95. The lowest BCUT2D eigenvalue weighted by atomic mass is 9.84. The van der Waals surface area contributed by atoms with Crippen molar-refractivity contribution in [2.45, 2.75) is 25.8 Å². The van der Waals surface area contributed by atoms with Crippen molar-refractivity contribution in [2.24, 2.45) is 5.92 Å². The molecule has 0 unspecified atom stereocenters. The minimum Gasteiger partial charge on any atom is -0.456 e. The highest BCUT2D eigenvalue weighted by atomic mass is 16.5. The van der Waals surface area contributed by atoms with Gasteiger partial charge in [-0.1, -0.05) is 0 Å². The number of hydrogen-bond donors (Lipinski definition) is 1. The van der Waals surface area contributed by atoms with E-state index in [9.17, 15) is 9.59 Å². The number of ketones is 1. The van der Waals surface area contributed by atoms with Crippen molar-refractivity contribution in [3.63, 3.8) is 0 Å². The van der Waals surface area contributed by atoms with Crippen LogP contribution in [0.15, 0.2) is 42.7 Å². The lowest BCUT2D eigenvalue weighted by Crippen LogP contribution is -2.57. The second-order valence-corrected chi connectivity index (χ2v) is 7.31. The van der Waals surface area contributed by atoms with Gasteiger partial charge in [0.1, 0.15) is 11.5 Å². The Balaban J connectivity index is 1.39. The molecular weight excluding hydrogens is 342 g/mol. The van der Waals surface area contributed by atoms with E-state index >= 15 is 0 Å². The first kappa shape index (κ1) is 17.7. The van der Waals surface area contributed by atoms with Gasteiger partial charge in [0.2, 0.25) is 0 Å². The van der Waals surface area contributed by atoms with Gasteiger partial charge in [-0.05, 0) is 69.1 Å². The average Bonchev–Trinajstić information content (AvgIpc) is 2.69. The van der Waals surface area contributed by atoms with Gasteiger partial charge in [-0.15, -0.1) is 0 Å². The minimum atomic E-state index is -0.0623. The summed E-state index contributed by atoms with van der Waals surface area (Å²) in [5.41, 5.74) is 1.12. The number of hydrogen-bond acceptors (Lipinski definition) is 5. The van der Waals surface area contributed by atoms with Crippen LogP contribution >= 0.6 is 0 Å². The molecule has 2 aromatic rings. The van der Waals surface area contributed by atoms with E-state index in [0.717, 1.165) is 19.6 Å². The Morgan fingerprint density at radius 2 is 1.81 bits per heavy atom. The number of pyridine rings is 1. The molecule has 3 aliphatic rings. The standard InChI is InChI=1S/C21H23N3O3/c1-14(25)17-10-19(12-22-11-17)27-18-4-2-16(3-5-18)21(26)23-20-13-24-8-6-15(20)7-9-24/h2-5,10-12,15,20H,6-9,13H2,1H3,(H,23,26)/t20-/m0/s1. The Morgan fingerprint density at radius 3 is 2.44 bits per heavy atom. The van der Waals surface area contributed by atoms with Crippen molar-refractivity contribution in [1.29, 1.82) is 0 Å². The van der Waals surface area contributed by atoms with Crippen LogP contribution in [0.2, 0.25) is 0 Å². The summed E-state index contributed by atoms with van der Waals surface area (Å²) in [6.45, 7) is 4.76. The molecule has 3 aliphatic heterocycles. The monoisotopic (exact) mass is 365 g/mol. The summed E-state index contributed by atoms with van der Waals surface area (Å²) in [6, 6.07) is 8.93. The smallest absolute Gasteiger partial charge is 0.251 e. The number of aromatic nitrogens is 1. The van der Waals surface area contributed by atoms with Crippen molar-refractivity contribution in [1.82, 2.24) is 15.2 Å². The maximum absolute atomic E-state index is 12.6. The predicted octanol–water partition coefficient (Wildman–Crippen LogP) is 2.90. The van der Waals surface area contributed by atoms with Gasteiger partial charge in [0.05, 0.1) is 6.20 Å². The van der Waals surface area contributed by atoms with Crippen molar-refractivity contribution in [3.05, 3.63) is 53.9 Å². The molecule has 6 heteroatoms. The van der Waals surface area contributed by atoms with Crippen LogP contribution < -0.4 is 10.1 Å². The first-order valence-corrected chi connectivity index (χ1v) is 9.35. The molecule has 6 nitrogen and oxygen atoms in total. The summed E-state index contributed by atoms with van der Waals surface area (Å²) in [7, 11) is 0. The zero-order chi connectivity index (χ0) is 18.8. The molecule has 0 radical (unpaired) electrons. The summed E-state index contributed by atoms with van der Waals surface area (Å²) in [6.07, 6.45) is 5.41. The Kier molecular flexibility index (Phi) is 4.90. The molecule has 3 fully saturated rings. The number of rotatable bonds is 5. The van der Waals surface area contributed by atoms with Gasteiger partial charge in [-0.25, -0.2) is 0 Å². The zero-order valence-corrected chi connectivity index (χ0v) is 15.4. The Labute approximate surface area is 158 Å². The van der Waals surface area contributed by atoms with Crippen molar-refractivity contribution in [3.8, 4) is 11.5 Å². The van der Waals surface area contributed by atoms with Crippen LogP contribution in [0.5, 0.6) is 11.5 Å². The quantitative estimate of drug-likeness (QED) is 0.825. The van der Waals surface area contributed by atoms with Crippen LogP contribution in [0.25, 0.3) is 0 Å². The number of benzene rings is 1. The normalized spacial score (nSPS) is 23.7. The lowest BCUT2D eigenvalue weighted by molar-refractivity contribution is 0.0620. The molecular formula is C21H23N3O3. The molecule has 4 heterocycles. The largest absolute Gasteiger partial charge is 0.456 e. The van der Waals surface area contributed by atoms with Gasteiger partial charge in [0.15, 0.2) is 5.78 Å². The van der Waals surface area contributed by atoms with Gasteiger partial charge in [0, 0.05) is 29.9 Å². The second kappa shape index (κ2) is 7.48. The molecule has 1 aromatic heterocycles. The number of ether oxygens (including phenoxy) is 1. The van der Waals surface area contributed by atoms with Crippen molar-refractivity contribution < 1.29 is 14.3 Å². The second-order valence-electron chi connectivity index (χ2n) is 7.31.